The molecule has 0 amide bonds. The normalized spacial score (nSPS) is 44.7. The fourth-order valence-corrected chi connectivity index (χ4v) is 2.63. The molecule has 0 aromatic heterocycles. The smallest absolute Gasteiger partial charge is 0.115 e. The maximum atomic E-state index is 5.74. The van der Waals surface area contributed by atoms with Gasteiger partial charge in [-0.1, -0.05) is 43.1 Å². The van der Waals surface area contributed by atoms with E-state index >= 15 is 0 Å². The molecule has 0 aromatic rings. The molecule has 0 aromatic carbocycles. The van der Waals surface area contributed by atoms with Crippen LogP contribution < -0.4 is 0 Å². The maximum absolute atomic E-state index is 5.74. The quantitative estimate of drug-likeness (QED) is 0.650. The third-order valence-corrected chi connectivity index (χ3v) is 3.79. The van der Waals surface area contributed by atoms with E-state index in [-0.39, 0.29) is 5.01 Å². The molecule has 0 saturated carbocycles. The summed E-state index contributed by atoms with van der Waals surface area (Å²) in [4.78, 5) is 0. The number of halogens is 1. The van der Waals surface area contributed by atoms with Crippen molar-refractivity contribution in [1.29, 1.82) is 0 Å². The number of rotatable bonds is 2. The van der Waals surface area contributed by atoms with Crippen LogP contribution in [0, 0.1) is 11.8 Å². The molecular weight excluding hydrogens is 204 g/mol. The van der Waals surface area contributed by atoms with Gasteiger partial charge in [0.05, 0.1) is 6.10 Å². The summed E-state index contributed by atoms with van der Waals surface area (Å²) in [5.74, 6) is 1.43. The van der Waals surface area contributed by atoms with E-state index in [4.69, 9.17) is 4.74 Å². The minimum atomic E-state index is 0.289. The van der Waals surface area contributed by atoms with Gasteiger partial charge in [-0.25, -0.2) is 0 Å². The molecule has 0 radical (unpaired) electrons. The van der Waals surface area contributed by atoms with Crippen molar-refractivity contribution in [3.8, 4) is 0 Å². The summed E-state index contributed by atoms with van der Waals surface area (Å²) >= 11 is 3.54. The van der Waals surface area contributed by atoms with Crippen LogP contribution in [0.3, 0.4) is 0 Å². The first-order chi connectivity index (χ1) is 5.20. The van der Waals surface area contributed by atoms with Gasteiger partial charge in [0.2, 0.25) is 0 Å². The van der Waals surface area contributed by atoms with Gasteiger partial charge in [-0.2, -0.15) is 0 Å². The Morgan fingerprint density at radius 1 is 1.27 bits per heavy atom. The van der Waals surface area contributed by atoms with Crippen molar-refractivity contribution in [2.45, 2.75) is 44.7 Å². The molecule has 1 rings (SSSR count). The highest BCUT2D eigenvalue weighted by Crippen LogP contribution is 2.38. The van der Waals surface area contributed by atoms with Crippen LogP contribution in [0.25, 0.3) is 0 Å². The predicted octanol–water partition coefficient (Wildman–Crippen LogP) is 3.18. The zero-order valence-corrected chi connectivity index (χ0v) is 9.10. The SMILES string of the molecule is CCC1C(C)[C@H](Br)O[C@@H]1CC. The van der Waals surface area contributed by atoms with E-state index in [9.17, 15) is 0 Å². The lowest BCUT2D eigenvalue weighted by molar-refractivity contribution is 0.0735. The van der Waals surface area contributed by atoms with Crippen LogP contribution in [0.4, 0.5) is 0 Å². The van der Waals surface area contributed by atoms with Gasteiger partial charge in [-0.3, -0.25) is 0 Å². The van der Waals surface area contributed by atoms with Gasteiger partial charge < -0.3 is 4.74 Å². The molecule has 2 heteroatoms. The van der Waals surface area contributed by atoms with E-state index in [0.29, 0.717) is 12.0 Å². The van der Waals surface area contributed by atoms with Gasteiger partial charge in [-0.15, -0.1) is 0 Å². The maximum Gasteiger partial charge on any atom is 0.115 e. The van der Waals surface area contributed by atoms with Crippen LogP contribution >= 0.6 is 15.9 Å². The second-order valence-corrected chi connectivity index (χ2v) is 4.27. The Morgan fingerprint density at radius 2 is 1.91 bits per heavy atom. The third-order valence-electron chi connectivity index (χ3n) is 2.74. The van der Waals surface area contributed by atoms with Crippen molar-refractivity contribution in [3.05, 3.63) is 0 Å². The number of hydrogen-bond donors (Lipinski definition) is 0. The van der Waals surface area contributed by atoms with E-state index in [0.717, 1.165) is 12.3 Å². The first-order valence-electron chi connectivity index (χ1n) is 4.50. The Kier molecular flexibility index (Phi) is 3.38. The average molecular weight is 221 g/mol. The number of alkyl halides is 1. The minimum Gasteiger partial charge on any atom is -0.363 e. The molecule has 0 bridgehead atoms. The lowest BCUT2D eigenvalue weighted by atomic mass is 9.89. The molecule has 1 saturated heterocycles. The second-order valence-electron chi connectivity index (χ2n) is 3.37. The van der Waals surface area contributed by atoms with E-state index in [1.807, 2.05) is 0 Å². The highest BCUT2D eigenvalue weighted by atomic mass is 79.9. The molecule has 0 N–H and O–H groups in total. The van der Waals surface area contributed by atoms with Crippen LogP contribution in [-0.2, 0) is 4.74 Å². The van der Waals surface area contributed by atoms with Crippen LogP contribution in [0.1, 0.15) is 33.6 Å². The Balaban J connectivity index is 2.57. The topological polar surface area (TPSA) is 9.23 Å². The van der Waals surface area contributed by atoms with Gasteiger partial charge in [0.15, 0.2) is 0 Å². The monoisotopic (exact) mass is 220 g/mol. The number of hydrogen-bond acceptors (Lipinski definition) is 1. The Morgan fingerprint density at radius 3 is 2.27 bits per heavy atom. The van der Waals surface area contributed by atoms with Crippen molar-refractivity contribution >= 4 is 15.9 Å². The van der Waals surface area contributed by atoms with Gasteiger partial charge in [0.25, 0.3) is 0 Å². The van der Waals surface area contributed by atoms with Crippen molar-refractivity contribution in [2.24, 2.45) is 11.8 Å². The Bertz CT molecular complexity index is 127. The first kappa shape index (κ1) is 9.53. The van der Waals surface area contributed by atoms with Crippen molar-refractivity contribution in [1.82, 2.24) is 0 Å². The highest BCUT2D eigenvalue weighted by Gasteiger charge is 2.37. The molecule has 1 aliphatic heterocycles. The molecule has 1 aliphatic rings. The fourth-order valence-electron chi connectivity index (χ4n) is 1.96. The van der Waals surface area contributed by atoms with Crippen molar-refractivity contribution in [3.63, 3.8) is 0 Å². The molecule has 4 atom stereocenters. The molecular formula is C9H17BrO. The van der Waals surface area contributed by atoms with Gasteiger partial charge in [-0.05, 0) is 18.3 Å². The van der Waals surface area contributed by atoms with Gasteiger partial charge >= 0.3 is 0 Å². The molecule has 66 valence electrons. The molecule has 2 unspecified atom stereocenters. The molecule has 1 nitrogen and oxygen atoms in total. The molecule has 0 aliphatic carbocycles. The number of ether oxygens (including phenoxy) is 1. The Hall–Kier alpha value is 0.440. The molecule has 1 fully saturated rings. The summed E-state index contributed by atoms with van der Waals surface area (Å²) in [6.45, 7) is 6.71. The molecule has 0 spiro atoms. The van der Waals surface area contributed by atoms with Gasteiger partial charge in [0, 0.05) is 0 Å². The van der Waals surface area contributed by atoms with Crippen LogP contribution in [-0.4, -0.2) is 11.1 Å². The Labute approximate surface area is 77.6 Å². The van der Waals surface area contributed by atoms with Crippen LogP contribution in [0.2, 0.25) is 0 Å². The summed E-state index contributed by atoms with van der Waals surface area (Å²) in [5, 5.41) is 0.289. The molecule has 1 heterocycles. The van der Waals surface area contributed by atoms with Crippen LogP contribution in [0.15, 0.2) is 0 Å². The summed E-state index contributed by atoms with van der Waals surface area (Å²) in [6, 6.07) is 0. The lowest BCUT2D eigenvalue weighted by Crippen LogP contribution is -2.17. The van der Waals surface area contributed by atoms with E-state index in [1.54, 1.807) is 0 Å². The summed E-state index contributed by atoms with van der Waals surface area (Å²) < 4.78 is 5.74. The molecule has 11 heavy (non-hydrogen) atoms. The largest absolute Gasteiger partial charge is 0.363 e. The standard InChI is InChI=1S/C9H17BrO/c1-4-7-6(3)9(10)11-8(7)5-2/h6-9H,4-5H2,1-3H3/t6?,7?,8-,9-/m1/s1. The summed E-state index contributed by atoms with van der Waals surface area (Å²) in [6.07, 6.45) is 2.87. The fraction of sp³-hybridized carbons (Fsp3) is 1.00. The van der Waals surface area contributed by atoms with E-state index in [2.05, 4.69) is 36.7 Å². The minimum absolute atomic E-state index is 0.289. The zero-order valence-electron chi connectivity index (χ0n) is 7.51. The summed E-state index contributed by atoms with van der Waals surface area (Å²) in [7, 11) is 0. The first-order valence-corrected chi connectivity index (χ1v) is 5.41. The van der Waals surface area contributed by atoms with E-state index in [1.165, 1.54) is 6.42 Å². The second kappa shape index (κ2) is 3.90. The zero-order chi connectivity index (χ0) is 8.43. The predicted molar refractivity (Wildman–Crippen MR) is 50.8 cm³/mol. The average Bonchev–Trinajstić information content (AvgIpc) is 2.28. The van der Waals surface area contributed by atoms with Crippen molar-refractivity contribution < 1.29 is 4.74 Å². The lowest BCUT2D eigenvalue weighted by Gasteiger charge is -2.16. The van der Waals surface area contributed by atoms with Crippen LogP contribution in [0.5, 0.6) is 0 Å². The highest BCUT2D eigenvalue weighted by molar-refractivity contribution is 9.09. The summed E-state index contributed by atoms with van der Waals surface area (Å²) in [5.41, 5.74) is 0. The third kappa shape index (κ3) is 1.78. The van der Waals surface area contributed by atoms with Gasteiger partial charge in [0.1, 0.15) is 5.01 Å². The van der Waals surface area contributed by atoms with Crippen molar-refractivity contribution in [2.75, 3.05) is 0 Å². The van der Waals surface area contributed by atoms with E-state index < -0.39 is 0 Å².